The van der Waals surface area contributed by atoms with Gasteiger partial charge in [-0.3, -0.25) is 14.5 Å². The van der Waals surface area contributed by atoms with Crippen LogP contribution in [0.3, 0.4) is 0 Å². The molecule has 0 aromatic heterocycles. The number of aliphatic carboxylic acids is 1. The molecule has 5 heteroatoms. The van der Waals surface area contributed by atoms with Crippen LogP contribution in [-0.4, -0.2) is 46.6 Å². The normalized spacial score (nSPS) is 34.4. The van der Waals surface area contributed by atoms with Crippen molar-refractivity contribution in [2.45, 2.75) is 70.4 Å². The van der Waals surface area contributed by atoms with Gasteiger partial charge in [0.15, 0.2) is 0 Å². The highest BCUT2D eigenvalue weighted by Crippen LogP contribution is 2.28. The van der Waals surface area contributed by atoms with E-state index in [0.29, 0.717) is 18.9 Å². The third kappa shape index (κ3) is 3.76. The lowest BCUT2D eigenvalue weighted by Gasteiger charge is -2.41. The Hall–Kier alpha value is -1.10. The largest absolute Gasteiger partial charge is 0.480 e. The first-order valence-corrected chi connectivity index (χ1v) is 8.21. The summed E-state index contributed by atoms with van der Waals surface area (Å²) in [6.45, 7) is 4.82. The Bertz CT molecular complexity index is 399. The maximum Gasteiger partial charge on any atom is 0.323 e. The van der Waals surface area contributed by atoms with Gasteiger partial charge in [-0.05, 0) is 51.5 Å². The lowest BCUT2D eigenvalue weighted by Crippen LogP contribution is -2.58. The molecule has 3 atom stereocenters. The molecule has 2 rings (SSSR count). The number of carbonyl (C=O) groups excluding carboxylic acids is 1. The summed E-state index contributed by atoms with van der Waals surface area (Å²) >= 11 is 0. The monoisotopic (exact) mass is 296 g/mol. The summed E-state index contributed by atoms with van der Waals surface area (Å²) < 4.78 is 0. The summed E-state index contributed by atoms with van der Waals surface area (Å²) in [5.74, 6) is -0.320. The molecular formula is C16H28N2O3. The molecule has 1 aliphatic heterocycles. The first-order chi connectivity index (χ1) is 9.93. The minimum atomic E-state index is -0.895. The molecule has 1 aliphatic carbocycles. The van der Waals surface area contributed by atoms with E-state index in [2.05, 4.69) is 12.2 Å². The predicted molar refractivity (Wildman–Crippen MR) is 81.0 cm³/mol. The first kappa shape index (κ1) is 16.3. The van der Waals surface area contributed by atoms with Crippen molar-refractivity contribution >= 4 is 11.9 Å². The minimum Gasteiger partial charge on any atom is -0.480 e. The number of carboxylic acid groups (broad SMARTS) is 1. The van der Waals surface area contributed by atoms with Crippen molar-refractivity contribution < 1.29 is 14.7 Å². The molecule has 21 heavy (non-hydrogen) atoms. The van der Waals surface area contributed by atoms with Gasteiger partial charge in [-0.25, -0.2) is 0 Å². The molecule has 1 saturated carbocycles. The second-order valence-electron chi connectivity index (χ2n) is 6.89. The van der Waals surface area contributed by atoms with E-state index >= 15 is 0 Å². The Morgan fingerprint density at radius 2 is 1.95 bits per heavy atom. The summed E-state index contributed by atoms with van der Waals surface area (Å²) in [6, 6.07) is 0.257. The van der Waals surface area contributed by atoms with Gasteiger partial charge in [-0.2, -0.15) is 0 Å². The molecule has 0 aromatic rings. The molecule has 1 amide bonds. The Kier molecular flexibility index (Phi) is 5.25. The quantitative estimate of drug-likeness (QED) is 0.832. The van der Waals surface area contributed by atoms with Gasteiger partial charge in [0.05, 0.1) is 6.54 Å². The van der Waals surface area contributed by atoms with Crippen molar-refractivity contribution in [2.24, 2.45) is 5.92 Å². The van der Waals surface area contributed by atoms with Crippen LogP contribution in [0.25, 0.3) is 0 Å². The Morgan fingerprint density at radius 1 is 1.24 bits per heavy atom. The van der Waals surface area contributed by atoms with Crippen molar-refractivity contribution in [3.05, 3.63) is 0 Å². The number of amides is 1. The molecule has 0 bridgehead atoms. The average molecular weight is 296 g/mol. The van der Waals surface area contributed by atoms with E-state index in [4.69, 9.17) is 0 Å². The van der Waals surface area contributed by atoms with Crippen LogP contribution >= 0.6 is 0 Å². The SMILES string of the molecule is CC1CCCCC1NC(=O)CN1CCCCC1(C)C(=O)O. The number of carbonyl (C=O) groups is 2. The van der Waals surface area contributed by atoms with Crippen LogP contribution in [0.1, 0.15) is 58.8 Å². The van der Waals surface area contributed by atoms with Gasteiger partial charge in [0.1, 0.15) is 5.54 Å². The van der Waals surface area contributed by atoms with Gasteiger partial charge in [0.25, 0.3) is 0 Å². The van der Waals surface area contributed by atoms with Crippen LogP contribution in [0.15, 0.2) is 0 Å². The number of carboxylic acids is 1. The van der Waals surface area contributed by atoms with E-state index < -0.39 is 11.5 Å². The van der Waals surface area contributed by atoms with Crippen molar-refractivity contribution in [3.63, 3.8) is 0 Å². The summed E-state index contributed by atoms with van der Waals surface area (Å²) in [7, 11) is 0. The van der Waals surface area contributed by atoms with Crippen molar-refractivity contribution in [2.75, 3.05) is 13.1 Å². The third-order valence-corrected chi connectivity index (χ3v) is 5.29. The van der Waals surface area contributed by atoms with Gasteiger partial charge in [0, 0.05) is 6.04 Å². The van der Waals surface area contributed by atoms with Gasteiger partial charge < -0.3 is 10.4 Å². The second-order valence-corrected chi connectivity index (χ2v) is 6.89. The molecule has 3 unspecified atom stereocenters. The van der Waals surface area contributed by atoms with E-state index in [-0.39, 0.29) is 18.5 Å². The fourth-order valence-electron chi connectivity index (χ4n) is 3.63. The standard InChI is InChI=1S/C16H28N2O3/c1-12-7-3-4-8-13(12)17-14(19)11-18-10-6-5-9-16(18,2)15(20)21/h12-13H,3-11H2,1-2H3,(H,17,19)(H,20,21). The minimum absolute atomic E-state index is 0.0249. The molecule has 1 saturated heterocycles. The van der Waals surface area contributed by atoms with Crippen LogP contribution in [0.4, 0.5) is 0 Å². The smallest absolute Gasteiger partial charge is 0.323 e. The number of hydrogen-bond donors (Lipinski definition) is 2. The summed E-state index contributed by atoms with van der Waals surface area (Å²) in [4.78, 5) is 25.7. The lowest BCUT2D eigenvalue weighted by molar-refractivity contribution is -0.153. The summed E-state index contributed by atoms with van der Waals surface area (Å²) in [5.41, 5.74) is -0.895. The zero-order valence-electron chi connectivity index (χ0n) is 13.2. The molecule has 2 aliphatic rings. The molecule has 0 radical (unpaired) electrons. The number of hydrogen-bond acceptors (Lipinski definition) is 3. The van der Waals surface area contributed by atoms with Crippen LogP contribution in [0.5, 0.6) is 0 Å². The predicted octanol–water partition coefficient (Wildman–Crippen LogP) is 2.01. The third-order valence-electron chi connectivity index (χ3n) is 5.29. The fourth-order valence-corrected chi connectivity index (χ4v) is 3.63. The number of nitrogens with one attached hydrogen (secondary N) is 1. The molecule has 2 N–H and O–H groups in total. The Morgan fingerprint density at radius 3 is 2.62 bits per heavy atom. The number of nitrogens with zero attached hydrogens (tertiary/aromatic N) is 1. The number of piperidine rings is 1. The van der Waals surface area contributed by atoms with Crippen LogP contribution < -0.4 is 5.32 Å². The van der Waals surface area contributed by atoms with Gasteiger partial charge >= 0.3 is 5.97 Å². The lowest BCUT2D eigenvalue weighted by atomic mass is 9.86. The van der Waals surface area contributed by atoms with E-state index in [0.717, 1.165) is 19.3 Å². The molecule has 0 spiro atoms. The molecule has 120 valence electrons. The molecule has 5 nitrogen and oxygen atoms in total. The van der Waals surface area contributed by atoms with Crippen molar-refractivity contribution in [3.8, 4) is 0 Å². The Labute approximate surface area is 127 Å². The Balaban J connectivity index is 1.92. The molecule has 0 aromatic carbocycles. The van der Waals surface area contributed by atoms with Crippen LogP contribution in [0, 0.1) is 5.92 Å². The van der Waals surface area contributed by atoms with Crippen LogP contribution in [0.2, 0.25) is 0 Å². The first-order valence-electron chi connectivity index (χ1n) is 8.21. The second kappa shape index (κ2) is 6.77. The topological polar surface area (TPSA) is 69.6 Å². The van der Waals surface area contributed by atoms with Crippen molar-refractivity contribution in [1.82, 2.24) is 10.2 Å². The van der Waals surface area contributed by atoms with Crippen LogP contribution in [-0.2, 0) is 9.59 Å². The average Bonchev–Trinajstić information content (AvgIpc) is 2.44. The van der Waals surface area contributed by atoms with E-state index in [9.17, 15) is 14.7 Å². The van der Waals surface area contributed by atoms with E-state index in [1.54, 1.807) is 6.92 Å². The molecular weight excluding hydrogens is 268 g/mol. The van der Waals surface area contributed by atoms with E-state index in [1.807, 2.05) is 4.90 Å². The van der Waals surface area contributed by atoms with Gasteiger partial charge in [-0.15, -0.1) is 0 Å². The maximum absolute atomic E-state index is 12.3. The molecule has 2 fully saturated rings. The summed E-state index contributed by atoms with van der Waals surface area (Å²) in [5, 5.41) is 12.6. The van der Waals surface area contributed by atoms with Gasteiger partial charge in [0.2, 0.25) is 5.91 Å². The highest BCUT2D eigenvalue weighted by atomic mass is 16.4. The van der Waals surface area contributed by atoms with E-state index in [1.165, 1.54) is 19.3 Å². The highest BCUT2D eigenvalue weighted by molar-refractivity contribution is 5.82. The summed E-state index contributed by atoms with van der Waals surface area (Å²) in [6.07, 6.45) is 7.14. The fraction of sp³-hybridized carbons (Fsp3) is 0.875. The number of rotatable bonds is 4. The number of likely N-dealkylation sites (tertiary alicyclic amines) is 1. The maximum atomic E-state index is 12.3. The van der Waals surface area contributed by atoms with Crippen molar-refractivity contribution in [1.29, 1.82) is 0 Å². The zero-order valence-corrected chi connectivity index (χ0v) is 13.2. The van der Waals surface area contributed by atoms with Gasteiger partial charge in [-0.1, -0.05) is 19.8 Å². The zero-order chi connectivity index (χ0) is 15.5. The molecule has 1 heterocycles. The highest BCUT2D eigenvalue weighted by Gasteiger charge is 2.42.